The number of fused-ring (bicyclic) bond motifs is 2. The van der Waals surface area contributed by atoms with E-state index in [2.05, 4.69) is 15.6 Å². The fourth-order valence-corrected chi connectivity index (χ4v) is 4.63. The zero-order chi connectivity index (χ0) is 22.2. The Bertz CT molecular complexity index is 1060. The van der Waals surface area contributed by atoms with Crippen molar-refractivity contribution in [2.24, 2.45) is 0 Å². The zero-order valence-electron chi connectivity index (χ0n) is 16.8. The number of anilines is 1. The molecular formula is C22H21Cl2N3O4. The maximum atomic E-state index is 12.9. The number of carbonyl (C=O) groups is 3. The van der Waals surface area contributed by atoms with Crippen molar-refractivity contribution in [1.29, 1.82) is 0 Å². The van der Waals surface area contributed by atoms with Gasteiger partial charge in [0.15, 0.2) is 0 Å². The quantitative estimate of drug-likeness (QED) is 0.702. The van der Waals surface area contributed by atoms with Crippen LogP contribution in [0.5, 0.6) is 5.88 Å². The van der Waals surface area contributed by atoms with Gasteiger partial charge in [-0.15, -0.1) is 0 Å². The van der Waals surface area contributed by atoms with Gasteiger partial charge in [-0.1, -0.05) is 23.2 Å². The van der Waals surface area contributed by atoms with E-state index in [4.69, 9.17) is 27.9 Å². The molecule has 1 saturated carbocycles. The number of rotatable bonds is 5. The maximum Gasteiger partial charge on any atom is 0.251 e. The molecule has 0 radical (unpaired) electrons. The zero-order valence-corrected chi connectivity index (χ0v) is 18.3. The molecule has 162 valence electrons. The molecule has 1 fully saturated rings. The summed E-state index contributed by atoms with van der Waals surface area (Å²) in [6.45, 7) is 1.38. The number of halogens is 2. The highest BCUT2D eigenvalue weighted by atomic mass is 35.5. The van der Waals surface area contributed by atoms with Crippen molar-refractivity contribution in [3.8, 4) is 5.88 Å². The number of hydrogen-bond acceptors (Lipinski definition) is 5. The molecule has 31 heavy (non-hydrogen) atoms. The van der Waals surface area contributed by atoms with Crippen molar-refractivity contribution in [3.63, 3.8) is 0 Å². The van der Waals surface area contributed by atoms with Crippen LogP contribution in [0.25, 0.3) is 0 Å². The van der Waals surface area contributed by atoms with Crippen LogP contribution in [0, 0.1) is 0 Å². The molecule has 1 aromatic heterocycles. The Balaban J connectivity index is 1.50. The van der Waals surface area contributed by atoms with Crippen LogP contribution in [0.15, 0.2) is 30.5 Å². The highest BCUT2D eigenvalue weighted by Gasteiger charge is 2.49. The average molecular weight is 462 g/mol. The summed E-state index contributed by atoms with van der Waals surface area (Å²) in [4.78, 5) is 40.6. The molecule has 4 rings (SSSR count). The fraction of sp³-hybridized carbons (Fsp3) is 0.364. The second kappa shape index (κ2) is 8.48. The summed E-state index contributed by atoms with van der Waals surface area (Å²) in [6.07, 6.45) is 3.76. The number of nitrogens with one attached hydrogen (secondary N) is 2. The van der Waals surface area contributed by atoms with Gasteiger partial charge in [0, 0.05) is 17.4 Å². The average Bonchev–Trinajstić information content (AvgIpc) is 3.00. The Morgan fingerprint density at radius 3 is 2.68 bits per heavy atom. The van der Waals surface area contributed by atoms with Crippen LogP contribution in [-0.2, 0) is 15.0 Å². The van der Waals surface area contributed by atoms with Crippen LogP contribution in [-0.4, -0.2) is 35.2 Å². The predicted octanol–water partition coefficient (Wildman–Crippen LogP) is 3.92. The first-order chi connectivity index (χ1) is 14.8. The Morgan fingerprint density at radius 1 is 1.26 bits per heavy atom. The van der Waals surface area contributed by atoms with Gasteiger partial charge >= 0.3 is 0 Å². The first-order valence-corrected chi connectivity index (χ1v) is 10.8. The van der Waals surface area contributed by atoms with Gasteiger partial charge in [0.25, 0.3) is 5.91 Å². The highest BCUT2D eigenvalue weighted by molar-refractivity contribution is 6.35. The molecule has 1 aromatic carbocycles. The molecular weight excluding hydrogens is 441 g/mol. The number of carbonyl (C=O) groups excluding carboxylic acids is 3. The van der Waals surface area contributed by atoms with Gasteiger partial charge < -0.3 is 15.4 Å². The van der Waals surface area contributed by atoms with E-state index in [0.29, 0.717) is 47.2 Å². The number of amides is 2. The predicted molar refractivity (Wildman–Crippen MR) is 117 cm³/mol. The van der Waals surface area contributed by atoms with Crippen molar-refractivity contribution in [1.82, 2.24) is 10.3 Å². The molecule has 0 bridgehead atoms. The molecule has 2 amide bonds. The monoisotopic (exact) mass is 461 g/mol. The third-order valence-electron chi connectivity index (χ3n) is 5.82. The first kappa shape index (κ1) is 21.6. The molecule has 2 aromatic rings. The van der Waals surface area contributed by atoms with Crippen molar-refractivity contribution in [3.05, 3.63) is 51.6 Å². The minimum Gasteiger partial charge on any atom is -0.473 e. The van der Waals surface area contributed by atoms with Crippen molar-refractivity contribution in [2.45, 2.75) is 44.1 Å². The van der Waals surface area contributed by atoms with Crippen LogP contribution in [0.4, 0.5) is 5.69 Å². The number of hydrogen-bond donors (Lipinski definition) is 2. The summed E-state index contributed by atoms with van der Waals surface area (Å²) >= 11 is 12.0. The lowest BCUT2D eigenvalue weighted by molar-refractivity contribution is -0.122. The Hall–Kier alpha value is -2.64. The van der Waals surface area contributed by atoms with E-state index in [-0.39, 0.29) is 30.2 Å². The number of aromatic nitrogens is 1. The summed E-state index contributed by atoms with van der Waals surface area (Å²) in [5, 5.41) is 6.31. The second-order valence-electron chi connectivity index (χ2n) is 7.94. The standard InChI is InChI=1S/C22H21Cl2N3O4/c1-12(28)10-25-19(29)13-2-3-18-16(8-13)22(21(30)27-18)6-4-15(5-7-22)31-20-17(24)9-14(23)11-26-20/h2-3,8-9,11,15H,4-7,10H2,1H3,(H,25,29)(H,27,30). The van der Waals surface area contributed by atoms with E-state index in [1.807, 2.05) is 0 Å². The lowest BCUT2D eigenvalue weighted by atomic mass is 9.69. The highest BCUT2D eigenvalue weighted by Crippen LogP contribution is 2.48. The van der Waals surface area contributed by atoms with Crippen molar-refractivity contribution >= 4 is 46.5 Å². The Kier molecular flexibility index (Phi) is 5.90. The number of nitrogens with zero attached hydrogens (tertiary/aromatic N) is 1. The molecule has 0 unspecified atom stereocenters. The van der Waals surface area contributed by atoms with E-state index in [0.717, 1.165) is 11.3 Å². The van der Waals surface area contributed by atoms with Gasteiger partial charge in [-0.2, -0.15) is 0 Å². The molecule has 1 aliphatic carbocycles. The number of ketones is 1. The summed E-state index contributed by atoms with van der Waals surface area (Å²) in [5.74, 6) is -0.206. The first-order valence-electron chi connectivity index (χ1n) is 10.00. The van der Waals surface area contributed by atoms with E-state index in [1.54, 1.807) is 24.3 Å². The minimum absolute atomic E-state index is 0.0292. The Morgan fingerprint density at radius 2 is 2.00 bits per heavy atom. The third-order valence-corrected chi connectivity index (χ3v) is 6.29. The van der Waals surface area contributed by atoms with Crippen LogP contribution in [0.3, 0.4) is 0 Å². The molecule has 1 spiro atoms. The maximum absolute atomic E-state index is 12.9. The Labute approximate surface area is 189 Å². The topological polar surface area (TPSA) is 97.4 Å². The normalized spacial score (nSPS) is 22.0. The number of ether oxygens (including phenoxy) is 1. The molecule has 7 nitrogen and oxygen atoms in total. The van der Waals surface area contributed by atoms with Crippen LogP contribution >= 0.6 is 23.2 Å². The van der Waals surface area contributed by atoms with E-state index < -0.39 is 5.41 Å². The summed E-state index contributed by atoms with van der Waals surface area (Å²) in [7, 11) is 0. The minimum atomic E-state index is -0.705. The molecule has 2 heterocycles. The molecule has 0 saturated heterocycles. The van der Waals surface area contributed by atoms with Crippen molar-refractivity contribution in [2.75, 3.05) is 11.9 Å². The molecule has 2 N–H and O–H groups in total. The third kappa shape index (κ3) is 4.25. The van der Waals surface area contributed by atoms with Gasteiger partial charge in [-0.3, -0.25) is 14.4 Å². The molecule has 0 atom stereocenters. The van der Waals surface area contributed by atoms with E-state index in [9.17, 15) is 14.4 Å². The van der Waals surface area contributed by atoms with Crippen molar-refractivity contribution < 1.29 is 19.1 Å². The largest absolute Gasteiger partial charge is 0.473 e. The fourth-order valence-electron chi connectivity index (χ4n) is 4.21. The van der Waals surface area contributed by atoms with Gasteiger partial charge in [0.1, 0.15) is 16.9 Å². The lowest BCUT2D eigenvalue weighted by Crippen LogP contribution is -2.41. The number of benzene rings is 1. The van der Waals surface area contributed by atoms with Gasteiger partial charge in [0.05, 0.1) is 17.0 Å². The SMILES string of the molecule is CC(=O)CNC(=O)c1ccc2c(c1)C1(CCC(Oc3ncc(Cl)cc3Cl)CC1)C(=O)N2. The molecule has 2 aliphatic rings. The lowest BCUT2D eigenvalue weighted by Gasteiger charge is -2.35. The molecule has 1 aliphatic heterocycles. The number of Topliss-reactive ketones (excluding diaryl/α,β-unsaturated/α-hetero) is 1. The van der Waals surface area contributed by atoms with Crippen LogP contribution in [0.2, 0.25) is 10.0 Å². The summed E-state index contributed by atoms with van der Waals surface area (Å²) in [5.41, 5.74) is 1.25. The van der Waals surface area contributed by atoms with Crippen LogP contribution in [0.1, 0.15) is 48.5 Å². The summed E-state index contributed by atoms with van der Waals surface area (Å²) in [6, 6.07) is 6.72. The van der Waals surface area contributed by atoms with Gasteiger partial charge in [0.2, 0.25) is 11.8 Å². The van der Waals surface area contributed by atoms with Gasteiger partial charge in [-0.05, 0) is 62.4 Å². The van der Waals surface area contributed by atoms with Crippen LogP contribution < -0.4 is 15.4 Å². The molecule has 9 heteroatoms. The summed E-state index contributed by atoms with van der Waals surface area (Å²) < 4.78 is 5.95. The van der Waals surface area contributed by atoms with E-state index >= 15 is 0 Å². The van der Waals surface area contributed by atoms with Gasteiger partial charge in [-0.25, -0.2) is 4.98 Å². The smallest absolute Gasteiger partial charge is 0.251 e. The van der Waals surface area contributed by atoms with E-state index in [1.165, 1.54) is 13.1 Å². The second-order valence-corrected chi connectivity index (χ2v) is 8.78. The number of pyridine rings is 1.